The number of piperazine rings is 1. The van der Waals surface area contributed by atoms with Crippen molar-refractivity contribution in [2.45, 2.75) is 13.1 Å². The Balaban J connectivity index is 1.70. The molecule has 3 N–H and O–H groups in total. The topological polar surface area (TPSA) is 90.2 Å². The van der Waals surface area contributed by atoms with Crippen LogP contribution in [0.2, 0.25) is 0 Å². The van der Waals surface area contributed by atoms with Gasteiger partial charge in [-0.15, -0.1) is 0 Å². The minimum absolute atomic E-state index is 0.0539. The summed E-state index contributed by atoms with van der Waals surface area (Å²) in [5, 5.41) is 24.7. The maximum atomic E-state index is 13.1. The van der Waals surface area contributed by atoms with Gasteiger partial charge in [0.15, 0.2) is 5.75 Å². The molecule has 28 heavy (non-hydrogen) atoms. The van der Waals surface area contributed by atoms with Gasteiger partial charge in [-0.2, -0.15) is 0 Å². The first kappa shape index (κ1) is 20.1. The smallest absolute Gasteiger partial charge is 0.283 e. The number of aromatic nitrogens is 1. The zero-order chi connectivity index (χ0) is 20.1. The second kappa shape index (κ2) is 9.05. The van der Waals surface area contributed by atoms with Crippen LogP contribution in [0.15, 0.2) is 30.5 Å². The third kappa shape index (κ3) is 4.61. The number of carbonyl (C=O) groups is 1. The lowest BCUT2D eigenvalue weighted by molar-refractivity contribution is -0.102. The SMILES string of the molecule is CON(Cc1ccc(F)cc1)C(=O)c1cn(CCN2CCNCC2)c(O)c1O. The first-order valence-electron chi connectivity index (χ1n) is 9.14. The monoisotopic (exact) mass is 392 g/mol. The van der Waals surface area contributed by atoms with Crippen molar-refractivity contribution in [3.63, 3.8) is 0 Å². The van der Waals surface area contributed by atoms with E-state index < -0.39 is 11.7 Å². The molecule has 0 radical (unpaired) electrons. The van der Waals surface area contributed by atoms with Crippen LogP contribution in [-0.4, -0.2) is 70.5 Å². The maximum Gasteiger partial charge on any atom is 0.283 e. The minimum Gasteiger partial charge on any atom is -0.503 e. The molecule has 0 bridgehead atoms. The lowest BCUT2D eigenvalue weighted by Crippen LogP contribution is -2.44. The van der Waals surface area contributed by atoms with Crippen molar-refractivity contribution in [3.8, 4) is 11.6 Å². The van der Waals surface area contributed by atoms with Gasteiger partial charge in [0.05, 0.1) is 13.7 Å². The molecule has 0 saturated carbocycles. The zero-order valence-electron chi connectivity index (χ0n) is 15.8. The van der Waals surface area contributed by atoms with Gasteiger partial charge in [0, 0.05) is 45.5 Å². The second-order valence-electron chi connectivity index (χ2n) is 6.65. The van der Waals surface area contributed by atoms with Crippen LogP contribution in [-0.2, 0) is 17.9 Å². The number of hydroxylamine groups is 2. The molecule has 1 aromatic carbocycles. The number of hydrogen-bond acceptors (Lipinski definition) is 6. The summed E-state index contributed by atoms with van der Waals surface area (Å²) in [6.45, 7) is 4.86. The third-order valence-electron chi connectivity index (χ3n) is 4.81. The molecule has 1 amide bonds. The van der Waals surface area contributed by atoms with E-state index in [-0.39, 0.29) is 23.8 Å². The number of benzene rings is 1. The Bertz CT molecular complexity index is 803. The van der Waals surface area contributed by atoms with Crippen LogP contribution in [0.5, 0.6) is 11.6 Å². The van der Waals surface area contributed by atoms with Crippen molar-refractivity contribution in [3.05, 3.63) is 47.4 Å². The van der Waals surface area contributed by atoms with Crippen LogP contribution in [0, 0.1) is 5.82 Å². The number of halogens is 1. The number of nitrogens with zero attached hydrogens (tertiary/aromatic N) is 3. The molecule has 1 fully saturated rings. The summed E-state index contributed by atoms with van der Waals surface area (Å²) < 4.78 is 14.5. The Hall–Kier alpha value is -2.62. The van der Waals surface area contributed by atoms with E-state index in [1.165, 1.54) is 30.0 Å². The molecule has 152 valence electrons. The second-order valence-corrected chi connectivity index (χ2v) is 6.65. The molecule has 0 atom stereocenters. The third-order valence-corrected chi connectivity index (χ3v) is 4.81. The average Bonchev–Trinajstić information content (AvgIpc) is 3.00. The number of hydrogen-bond donors (Lipinski definition) is 3. The highest BCUT2D eigenvalue weighted by atomic mass is 19.1. The summed E-state index contributed by atoms with van der Waals surface area (Å²) in [4.78, 5) is 20.1. The van der Waals surface area contributed by atoms with Gasteiger partial charge >= 0.3 is 0 Å². The lowest BCUT2D eigenvalue weighted by Gasteiger charge is -2.27. The van der Waals surface area contributed by atoms with Gasteiger partial charge in [0.2, 0.25) is 5.88 Å². The molecular formula is C19H25FN4O4. The highest BCUT2D eigenvalue weighted by Gasteiger charge is 2.25. The number of nitrogens with one attached hydrogen (secondary N) is 1. The Morgan fingerprint density at radius 2 is 1.89 bits per heavy atom. The molecule has 1 aliphatic rings. The van der Waals surface area contributed by atoms with Crippen LogP contribution in [0.1, 0.15) is 15.9 Å². The molecule has 0 unspecified atom stereocenters. The Morgan fingerprint density at radius 3 is 2.54 bits per heavy atom. The fraction of sp³-hybridized carbons (Fsp3) is 0.421. The van der Waals surface area contributed by atoms with Crippen LogP contribution < -0.4 is 5.32 Å². The molecule has 1 saturated heterocycles. The fourth-order valence-electron chi connectivity index (χ4n) is 3.15. The fourth-order valence-corrected chi connectivity index (χ4v) is 3.15. The summed E-state index contributed by atoms with van der Waals surface area (Å²) >= 11 is 0. The number of amides is 1. The number of carbonyl (C=O) groups excluding carboxylic acids is 1. The summed E-state index contributed by atoms with van der Waals surface area (Å²) in [7, 11) is 1.33. The predicted octanol–water partition coefficient (Wildman–Crippen LogP) is 1.15. The average molecular weight is 392 g/mol. The summed E-state index contributed by atoms with van der Waals surface area (Å²) in [6, 6.07) is 5.68. The van der Waals surface area contributed by atoms with Crippen molar-refractivity contribution >= 4 is 5.91 Å². The summed E-state index contributed by atoms with van der Waals surface area (Å²) in [6.07, 6.45) is 1.42. The Kier molecular flexibility index (Phi) is 6.50. The van der Waals surface area contributed by atoms with E-state index in [1.54, 1.807) is 12.1 Å². The molecular weight excluding hydrogens is 367 g/mol. The Morgan fingerprint density at radius 1 is 1.21 bits per heavy atom. The normalized spacial score (nSPS) is 14.9. The number of aromatic hydroxyl groups is 2. The molecule has 1 aliphatic heterocycles. The van der Waals surface area contributed by atoms with E-state index in [1.807, 2.05) is 0 Å². The van der Waals surface area contributed by atoms with Crippen molar-refractivity contribution in [1.29, 1.82) is 0 Å². The standard InChI is InChI=1S/C19H25FN4O4/c1-28-24(12-14-2-4-15(20)5-3-14)18(26)16-13-23(19(27)17(16)25)11-10-22-8-6-21-7-9-22/h2-5,13,21,25,27H,6-12H2,1H3. The maximum absolute atomic E-state index is 13.1. The zero-order valence-corrected chi connectivity index (χ0v) is 15.8. The van der Waals surface area contributed by atoms with Gasteiger partial charge in [-0.25, -0.2) is 9.45 Å². The van der Waals surface area contributed by atoms with Crippen LogP contribution in [0.3, 0.4) is 0 Å². The van der Waals surface area contributed by atoms with E-state index in [4.69, 9.17) is 4.84 Å². The van der Waals surface area contributed by atoms with Crippen molar-refractivity contribution in [1.82, 2.24) is 19.8 Å². The molecule has 9 heteroatoms. The van der Waals surface area contributed by atoms with Crippen LogP contribution in [0.25, 0.3) is 0 Å². The van der Waals surface area contributed by atoms with Gasteiger partial charge in [-0.05, 0) is 17.7 Å². The largest absolute Gasteiger partial charge is 0.503 e. The minimum atomic E-state index is -0.597. The predicted molar refractivity (Wildman–Crippen MR) is 100 cm³/mol. The molecule has 2 heterocycles. The van der Waals surface area contributed by atoms with Crippen molar-refractivity contribution < 1.29 is 24.2 Å². The molecule has 3 rings (SSSR count). The van der Waals surface area contributed by atoms with Gasteiger partial charge in [0.1, 0.15) is 11.4 Å². The molecule has 0 spiro atoms. The highest BCUT2D eigenvalue weighted by Crippen LogP contribution is 2.32. The van der Waals surface area contributed by atoms with E-state index in [2.05, 4.69) is 10.2 Å². The van der Waals surface area contributed by atoms with E-state index in [9.17, 15) is 19.4 Å². The summed E-state index contributed by atoms with van der Waals surface area (Å²) in [5.41, 5.74) is 0.611. The van der Waals surface area contributed by atoms with Gasteiger partial charge in [-0.1, -0.05) is 12.1 Å². The molecule has 1 aromatic heterocycles. The lowest BCUT2D eigenvalue weighted by atomic mass is 10.2. The molecule has 8 nitrogen and oxygen atoms in total. The van der Waals surface area contributed by atoms with Crippen molar-refractivity contribution in [2.75, 3.05) is 39.8 Å². The molecule has 0 aliphatic carbocycles. The van der Waals surface area contributed by atoms with E-state index in [0.29, 0.717) is 18.7 Å². The van der Waals surface area contributed by atoms with Gasteiger partial charge in [0.25, 0.3) is 5.91 Å². The number of rotatable bonds is 7. The van der Waals surface area contributed by atoms with Crippen LogP contribution in [0.4, 0.5) is 4.39 Å². The van der Waals surface area contributed by atoms with E-state index >= 15 is 0 Å². The quantitative estimate of drug-likeness (QED) is 0.613. The summed E-state index contributed by atoms with van der Waals surface area (Å²) in [5.74, 6) is -1.80. The van der Waals surface area contributed by atoms with Crippen LogP contribution >= 0.6 is 0 Å². The first-order valence-corrected chi connectivity index (χ1v) is 9.14. The highest BCUT2D eigenvalue weighted by molar-refractivity contribution is 5.97. The first-order chi connectivity index (χ1) is 13.5. The molecule has 2 aromatic rings. The van der Waals surface area contributed by atoms with Crippen molar-refractivity contribution in [2.24, 2.45) is 0 Å². The van der Waals surface area contributed by atoms with E-state index in [0.717, 1.165) is 31.2 Å². The van der Waals surface area contributed by atoms with Gasteiger partial charge in [-0.3, -0.25) is 14.5 Å². The Labute approximate surface area is 162 Å². The van der Waals surface area contributed by atoms with Gasteiger partial charge < -0.3 is 20.1 Å².